The van der Waals surface area contributed by atoms with Crippen LogP contribution in [0.1, 0.15) is 65.2 Å². The van der Waals surface area contributed by atoms with Gasteiger partial charge in [0.25, 0.3) is 8.32 Å². The van der Waals surface area contributed by atoms with Crippen LogP contribution in [0.2, 0.25) is 58.9 Å². The van der Waals surface area contributed by atoms with Crippen molar-refractivity contribution in [2.45, 2.75) is 136 Å². The van der Waals surface area contributed by atoms with Crippen molar-refractivity contribution < 1.29 is 13.4 Å². The second kappa shape index (κ2) is 9.35. The van der Waals surface area contributed by atoms with E-state index in [-0.39, 0.29) is 5.41 Å². The Labute approximate surface area is 219 Å². The molecule has 7 heteroatoms. The minimum absolute atomic E-state index is 0.131. The summed E-state index contributed by atoms with van der Waals surface area (Å²) < 4.78 is 19.8. The monoisotopic (exact) mass is 537 g/mol. The first-order valence-electron chi connectivity index (χ1n) is 14.5. The SMILES string of the molecule is C[C@]12CCC3C(CC[C@@H]4C[C@@H](O[Si](C)(C)C)CC[C@]34C)C1[C@@H](O[Si](C)(C)C)C/C2=N\O[Si](C)(C)C. The van der Waals surface area contributed by atoms with E-state index in [9.17, 15) is 0 Å². The molecular weight excluding hydrogens is 483 g/mol. The Morgan fingerprint density at radius 3 is 2.03 bits per heavy atom. The Kier molecular flexibility index (Phi) is 7.50. The van der Waals surface area contributed by atoms with Gasteiger partial charge in [-0.2, -0.15) is 0 Å². The Balaban J connectivity index is 1.60. The van der Waals surface area contributed by atoms with Crippen molar-refractivity contribution in [3.05, 3.63) is 0 Å². The van der Waals surface area contributed by atoms with Crippen molar-refractivity contribution >= 4 is 30.7 Å². The fourth-order valence-corrected chi connectivity index (χ4v) is 11.3. The molecule has 4 rings (SSSR count). The number of oxime groups is 1. The van der Waals surface area contributed by atoms with Crippen LogP contribution >= 0.6 is 0 Å². The summed E-state index contributed by atoms with van der Waals surface area (Å²) in [6.45, 7) is 26.0. The molecule has 4 nitrogen and oxygen atoms in total. The lowest BCUT2D eigenvalue weighted by atomic mass is 9.45. The van der Waals surface area contributed by atoms with Gasteiger partial charge in [0.1, 0.15) is 0 Å². The van der Waals surface area contributed by atoms with Gasteiger partial charge in [0.2, 0.25) is 0 Å². The summed E-state index contributed by atoms with van der Waals surface area (Å²) in [5.41, 5.74) is 1.90. The van der Waals surface area contributed by atoms with Crippen LogP contribution in [0.25, 0.3) is 0 Å². The average Bonchev–Trinajstić information content (AvgIpc) is 2.95. The highest BCUT2D eigenvalue weighted by molar-refractivity contribution is 6.70. The molecule has 0 amide bonds. The molecule has 35 heavy (non-hydrogen) atoms. The zero-order valence-electron chi connectivity index (χ0n) is 24.8. The summed E-state index contributed by atoms with van der Waals surface area (Å²) in [5, 5.41) is 4.91. The third-order valence-corrected chi connectivity index (χ3v) is 12.5. The minimum atomic E-state index is -1.71. The Hall–Kier alpha value is 0.0406. The van der Waals surface area contributed by atoms with Gasteiger partial charge in [-0.15, -0.1) is 5.16 Å². The van der Waals surface area contributed by atoms with Gasteiger partial charge < -0.3 is 13.4 Å². The quantitative estimate of drug-likeness (QED) is 0.253. The zero-order valence-corrected chi connectivity index (χ0v) is 27.8. The highest BCUT2D eigenvalue weighted by atomic mass is 28.4. The maximum Gasteiger partial charge on any atom is 0.278 e. The number of fused-ring (bicyclic) bond motifs is 5. The van der Waals surface area contributed by atoms with Crippen LogP contribution in [-0.2, 0) is 13.4 Å². The highest BCUT2D eigenvalue weighted by Crippen LogP contribution is 2.66. The van der Waals surface area contributed by atoms with Gasteiger partial charge in [0, 0.05) is 17.9 Å². The first-order valence-corrected chi connectivity index (χ1v) is 24.7. The Morgan fingerprint density at radius 1 is 0.771 bits per heavy atom. The molecule has 0 saturated heterocycles. The molecular formula is C28H55NO3Si3. The molecule has 4 aliphatic carbocycles. The van der Waals surface area contributed by atoms with Crippen molar-refractivity contribution in [1.29, 1.82) is 0 Å². The van der Waals surface area contributed by atoms with E-state index < -0.39 is 25.0 Å². The smallest absolute Gasteiger partial charge is 0.278 e. The van der Waals surface area contributed by atoms with Gasteiger partial charge in [-0.05, 0) is 133 Å². The van der Waals surface area contributed by atoms with Gasteiger partial charge in [0.15, 0.2) is 16.6 Å². The van der Waals surface area contributed by atoms with Crippen LogP contribution in [-0.4, -0.2) is 42.9 Å². The first kappa shape index (κ1) is 28.1. The van der Waals surface area contributed by atoms with E-state index in [4.69, 9.17) is 18.5 Å². The lowest BCUT2D eigenvalue weighted by molar-refractivity contribution is -0.126. The summed E-state index contributed by atoms with van der Waals surface area (Å²) in [7, 11) is -4.85. The van der Waals surface area contributed by atoms with Crippen molar-refractivity contribution in [2.75, 3.05) is 0 Å². The number of hydrogen-bond donors (Lipinski definition) is 0. The molecule has 4 saturated carbocycles. The van der Waals surface area contributed by atoms with E-state index >= 15 is 0 Å². The molecule has 0 spiro atoms. The molecule has 0 aromatic rings. The third kappa shape index (κ3) is 5.89. The number of nitrogens with zero attached hydrogens (tertiary/aromatic N) is 1. The number of rotatable bonds is 6. The van der Waals surface area contributed by atoms with Crippen molar-refractivity contribution in [1.82, 2.24) is 0 Å². The molecule has 0 radical (unpaired) electrons. The van der Waals surface area contributed by atoms with Gasteiger partial charge in [-0.3, -0.25) is 0 Å². The minimum Gasteiger partial charge on any atom is -0.456 e. The molecule has 202 valence electrons. The Morgan fingerprint density at radius 2 is 1.43 bits per heavy atom. The first-order chi connectivity index (χ1) is 15.9. The molecule has 4 fully saturated rings. The summed E-state index contributed by atoms with van der Waals surface area (Å²) >= 11 is 0. The molecule has 8 atom stereocenters. The molecule has 0 bridgehead atoms. The van der Waals surface area contributed by atoms with Crippen molar-refractivity contribution in [3.8, 4) is 0 Å². The van der Waals surface area contributed by atoms with Crippen LogP contribution in [0.4, 0.5) is 0 Å². The number of hydrogen-bond acceptors (Lipinski definition) is 4. The topological polar surface area (TPSA) is 40.0 Å². The molecule has 0 aromatic heterocycles. The average molecular weight is 538 g/mol. The van der Waals surface area contributed by atoms with E-state index in [0.29, 0.717) is 23.5 Å². The normalized spacial score (nSPS) is 43.5. The highest BCUT2D eigenvalue weighted by Gasteiger charge is 2.63. The third-order valence-electron chi connectivity index (χ3n) is 9.78. The van der Waals surface area contributed by atoms with Crippen LogP contribution in [0.3, 0.4) is 0 Å². The fraction of sp³-hybridized carbons (Fsp3) is 0.964. The standard InChI is InChI=1S/C28H55NO3Si3/c1-27-16-14-21(30-33(3,4)5)18-20(27)12-13-22-23(27)15-17-28(2)25(29-32-35(9,10)11)19-24(26(22)28)31-34(6,7)8/h20-24,26H,12-19H2,1-11H3/b29-25+/t20-,21+,22?,23?,24+,26?,27+,28-/m1/s1. The summed E-state index contributed by atoms with van der Waals surface area (Å²) in [6.07, 6.45) is 11.0. The van der Waals surface area contributed by atoms with E-state index in [2.05, 4.69) is 72.8 Å². The lowest BCUT2D eigenvalue weighted by Gasteiger charge is -2.61. The molecule has 0 aromatic carbocycles. The van der Waals surface area contributed by atoms with Gasteiger partial charge in [0.05, 0.1) is 11.8 Å². The maximum absolute atomic E-state index is 6.98. The van der Waals surface area contributed by atoms with Crippen LogP contribution in [0, 0.1) is 34.5 Å². The van der Waals surface area contributed by atoms with Crippen molar-refractivity contribution in [2.24, 2.45) is 39.7 Å². The molecule has 0 aliphatic heterocycles. The predicted molar refractivity (Wildman–Crippen MR) is 155 cm³/mol. The molecule has 3 unspecified atom stereocenters. The van der Waals surface area contributed by atoms with E-state index in [1.807, 2.05) is 0 Å². The largest absolute Gasteiger partial charge is 0.456 e. The molecule has 4 aliphatic rings. The van der Waals surface area contributed by atoms with Gasteiger partial charge >= 0.3 is 0 Å². The van der Waals surface area contributed by atoms with E-state index in [0.717, 1.165) is 24.2 Å². The lowest BCUT2D eigenvalue weighted by Crippen LogP contribution is -2.56. The molecule has 0 N–H and O–H groups in total. The second-order valence-electron chi connectivity index (χ2n) is 15.9. The summed E-state index contributed by atoms with van der Waals surface area (Å²) in [4.78, 5) is 0. The molecule has 0 heterocycles. The van der Waals surface area contributed by atoms with E-state index in [1.54, 1.807) is 0 Å². The zero-order chi connectivity index (χ0) is 26.0. The summed E-state index contributed by atoms with van der Waals surface area (Å²) in [6, 6.07) is 0. The van der Waals surface area contributed by atoms with Gasteiger partial charge in [-0.1, -0.05) is 13.8 Å². The fourth-order valence-electron chi connectivity index (χ4n) is 8.55. The van der Waals surface area contributed by atoms with E-state index in [1.165, 1.54) is 50.7 Å². The summed E-state index contributed by atoms with van der Waals surface area (Å²) in [5.74, 6) is 2.98. The Bertz CT molecular complexity index is 814. The maximum atomic E-state index is 6.98. The van der Waals surface area contributed by atoms with Crippen LogP contribution < -0.4 is 0 Å². The van der Waals surface area contributed by atoms with Crippen molar-refractivity contribution in [3.63, 3.8) is 0 Å². The van der Waals surface area contributed by atoms with Crippen LogP contribution in [0.5, 0.6) is 0 Å². The second-order valence-corrected chi connectivity index (χ2v) is 29.2. The van der Waals surface area contributed by atoms with Crippen LogP contribution in [0.15, 0.2) is 5.16 Å². The van der Waals surface area contributed by atoms with Gasteiger partial charge in [-0.25, -0.2) is 0 Å². The predicted octanol–water partition coefficient (Wildman–Crippen LogP) is 8.29.